The van der Waals surface area contributed by atoms with E-state index < -0.39 is 48.6 Å². The van der Waals surface area contributed by atoms with Crippen molar-refractivity contribution >= 4 is 17.8 Å². The van der Waals surface area contributed by atoms with Gasteiger partial charge < -0.3 is 14.4 Å². The molecule has 0 saturated carbocycles. The van der Waals surface area contributed by atoms with Gasteiger partial charge in [0.05, 0.1) is 25.7 Å². The van der Waals surface area contributed by atoms with Crippen LogP contribution in [0.2, 0.25) is 0 Å². The van der Waals surface area contributed by atoms with Gasteiger partial charge in [0.2, 0.25) is 5.91 Å². The summed E-state index contributed by atoms with van der Waals surface area (Å²) in [5.41, 5.74) is -1.45. The number of methoxy groups -OCH3 is 1. The Morgan fingerprint density at radius 3 is 2.52 bits per heavy atom. The number of allylic oxidation sites excluding steroid dienone is 1. The third-order valence-corrected chi connectivity index (χ3v) is 2.78. The molecule has 1 saturated heterocycles. The van der Waals surface area contributed by atoms with E-state index in [-0.39, 0.29) is 12.7 Å². The summed E-state index contributed by atoms with van der Waals surface area (Å²) < 4.78 is 47.7. The number of esters is 2. The zero-order valence-corrected chi connectivity index (χ0v) is 11.4. The van der Waals surface area contributed by atoms with Crippen molar-refractivity contribution < 1.29 is 37.0 Å². The maximum absolute atomic E-state index is 13.0. The van der Waals surface area contributed by atoms with Crippen molar-refractivity contribution in [2.24, 2.45) is 5.92 Å². The van der Waals surface area contributed by atoms with Crippen molar-refractivity contribution in [3.8, 4) is 0 Å². The molecule has 1 aliphatic rings. The van der Waals surface area contributed by atoms with Crippen molar-refractivity contribution in [3.05, 3.63) is 11.8 Å². The molecule has 1 atom stereocenters. The molecule has 1 heterocycles. The van der Waals surface area contributed by atoms with E-state index in [1.807, 2.05) is 0 Å². The predicted octanol–water partition coefficient (Wildman–Crippen LogP) is 1.02. The summed E-state index contributed by atoms with van der Waals surface area (Å²) in [6, 6.07) is 0. The van der Waals surface area contributed by atoms with Crippen LogP contribution in [-0.2, 0) is 23.9 Å². The Hall–Kier alpha value is -2.06. The highest BCUT2D eigenvalue weighted by atomic mass is 19.4. The number of ether oxygens (including phenoxy) is 2. The molecule has 0 aromatic rings. The minimum atomic E-state index is -4.92. The molecule has 0 N–H and O–H groups in total. The van der Waals surface area contributed by atoms with Crippen LogP contribution in [0.25, 0.3) is 0 Å². The van der Waals surface area contributed by atoms with Gasteiger partial charge in [-0.05, 0) is 6.92 Å². The lowest BCUT2D eigenvalue weighted by Gasteiger charge is -2.22. The van der Waals surface area contributed by atoms with Crippen LogP contribution < -0.4 is 0 Å². The molecule has 6 nitrogen and oxygen atoms in total. The second kappa shape index (κ2) is 6.59. The molecule has 1 unspecified atom stereocenters. The van der Waals surface area contributed by atoms with Gasteiger partial charge in [0.25, 0.3) is 0 Å². The van der Waals surface area contributed by atoms with E-state index >= 15 is 0 Å². The van der Waals surface area contributed by atoms with Gasteiger partial charge in [0.1, 0.15) is 5.70 Å². The number of hydrogen-bond acceptors (Lipinski definition) is 5. The molecular formula is C12H14F3NO5. The first-order chi connectivity index (χ1) is 9.70. The van der Waals surface area contributed by atoms with E-state index in [1.165, 1.54) is 6.92 Å². The van der Waals surface area contributed by atoms with E-state index in [9.17, 15) is 27.6 Å². The maximum Gasteiger partial charge on any atom is 0.431 e. The Balaban J connectivity index is 3.03. The van der Waals surface area contributed by atoms with Gasteiger partial charge >= 0.3 is 18.1 Å². The Kier molecular flexibility index (Phi) is 5.34. The average Bonchev–Trinajstić information content (AvgIpc) is 2.76. The van der Waals surface area contributed by atoms with Gasteiger partial charge in [0.15, 0.2) is 0 Å². The molecule has 118 valence electrons. The fourth-order valence-corrected chi connectivity index (χ4v) is 1.87. The van der Waals surface area contributed by atoms with Crippen LogP contribution in [0.1, 0.15) is 13.3 Å². The van der Waals surface area contributed by atoms with Gasteiger partial charge in [-0.1, -0.05) is 0 Å². The molecule has 0 radical (unpaired) electrons. The Labute approximate surface area is 118 Å². The smallest absolute Gasteiger partial charge is 0.431 e. The number of rotatable bonds is 4. The van der Waals surface area contributed by atoms with E-state index in [2.05, 4.69) is 9.47 Å². The fourth-order valence-electron chi connectivity index (χ4n) is 1.87. The molecule has 1 fully saturated rings. The van der Waals surface area contributed by atoms with Crippen molar-refractivity contribution in [1.29, 1.82) is 0 Å². The number of halogens is 3. The van der Waals surface area contributed by atoms with Gasteiger partial charge in [-0.15, -0.1) is 0 Å². The number of alkyl halides is 3. The van der Waals surface area contributed by atoms with Crippen LogP contribution in [0.3, 0.4) is 0 Å². The molecular weight excluding hydrogens is 295 g/mol. The van der Waals surface area contributed by atoms with Crippen molar-refractivity contribution in [2.75, 3.05) is 20.3 Å². The number of amides is 1. The molecule has 21 heavy (non-hydrogen) atoms. The summed E-state index contributed by atoms with van der Waals surface area (Å²) in [7, 11) is 1.08. The van der Waals surface area contributed by atoms with Crippen LogP contribution in [-0.4, -0.2) is 49.2 Å². The van der Waals surface area contributed by atoms with Gasteiger partial charge in [-0.2, -0.15) is 13.2 Å². The largest absolute Gasteiger partial charge is 0.469 e. The number of carbonyl (C=O) groups excluding carboxylic acids is 3. The number of carbonyl (C=O) groups is 3. The molecule has 1 rings (SSSR count). The predicted molar refractivity (Wildman–Crippen MR) is 62.6 cm³/mol. The molecule has 0 aromatic carbocycles. The van der Waals surface area contributed by atoms with Crippen LogP contribution in [0.15, 0.2) is 11.8 Å². The normalized spacial score (nSPS) is 19.7. The van der Waals surface area contributed by atoms with Gasteiger partial charge in [-0.3, -0.25) is 9.59 Å². The summed E-state index contributed by atoms with van der Waals surface area (Å²) in [6.07, 6.45) is -5.11. The average molecular weight is 309 g/mol. The topological polar surface area (TPSA) is 72.9 Å². The standard InChI is InChI=1S/C12H14F3NO5/c1-3-21-10(18)5-8(12(13,14)15)16-6-7(4-9(16)17)11(19)20-2/h5,7H,3-4,6H2,1-2H3. The summed E-state index contributed by atoms with van der Waals surface area (Å²) in [4.78, 5) is 34.5. The zero-order chi connectivity index (χ0) is 16.2. The molecule has 1 amide bonds. The summed E-state index contributed by atoms with van der Waals surface area (Å²) in [6.45, 7) is 0.850. The number of nitrogens with zero attached hydrogens (tertiary/aromatic N) is 1. The molecule has 0 aliphatic carbocycles. The first-order valence-electron chi connectivity index (χ1n) is 6.04. The van der Waals surface area contributed by atoms with Crippen LogP contribution in [0.5, 0.6) is 0 Å². The van der Waals surface area contributed by atoms with Crippen molar-refractivity contribution in [1.82, 2.24) is 4.90 Å². The lowest BCUT2D eigenvalue weighted by Crippen LogP contribution is -2.34. The lowest BCUT2D eigenvalue weighted by molar-refractivity contribution is -0.145. The Morgan fingerprint density at radius 1 is 1.43 bits per heavy atom. The van der Waals surface area contributed by atoms with Crippen LogP contribution in [0, 0.1) is 5.92 Å². The highest BCUT2D eigenvalue weighted by molar-refractivity contribution is 5.90. The number of likely N-dealkylation sites (tertiary alicyclic amines) is 1. The highest BCUT2D eigenvalue weighted by Gasteiger charge is 2.46. The Bertz CT molecular complexity index is 472. The number of hydrogen-bond donors (Lipinski definition) is 0. The van der Waals surface area contributed by atoms with Gasteiger partial charge in [0, 0.05) is 13.0 Å². The minimum absolute atomic E-state index is 0.0980. The van der Waals surface area contributed by atoms with Gasteiger partial charge in [-0.25, -0.2) is 4.79 Å². The first-order valence-corrected chi connectivity index (χ1v) is 6.04. The van der Waals surface area contributed by atoms with E-state index in [1.54, 1.807) is 0 Å². The highest BCUT2D eigenvalue weighted by Crippen LogP contribution is 2.33. The molecule has 0 spiro atoms. The summed E-state index contributed by atoms with van der Waals surface area (Å²) in [5.74, 6) is -3.88. The summed E-state index contributed by atoms with van der Waals surface area (Å²) in [5, 5.41) is 0. The molecule has 1 aliphatic heterocycles. The van der Waals surface area contributed by atoms with E-state index in [4.69, 9.17) is 0 Å². The van der Waals surface area contributed by atoms with Crippen LogP contribution >= 0.6 is 0 Å². The fraction of sp³-hybridized carbons (Fsp3) is 0.583. The molecule has 0 aromatic heterocycles. The minimum Gasteiger partial charge on any atom is -0.469 e. The SMILES string of the molecule is CCOC(=O)C=C(N1CC(C(=O)OC)CC1=O)C(F)(F)F. The zero-order valence-electron chi connectivity index (χ0n) is 11.4. The lowest BCUT2D eigenvalue weighted by atomic mass is 10.1. The quantitative estimate of drug-likeness (QED) is 0.572. The molecule has 0 bridgehead atoms. The Morgan fingerprint density at radius 2 is 2.05 bits per heavy atom. The summed E-state index contributed by atoms with van der Waals surface area (Å²) >= 11 is 0. The van der Waals surface area contributed by atoms with Crippen molar-refractivity contribution in [3.63, 3.8) is 0 Å². The van der Waals surface area contributed by atoms with Crippen molar-refractivity contribution in [2.45, 2.75) is 19.5 Å². The second-order valence-corrected chi connectivity index (χ2v) is 4.21. The third kappa shape index (κ3) is 4.20. The first kappa shape index (κ1) is 17.0. The monoisotopic (exact) mass is 309 g/mol. The maximum atomic E-state index is 13.0. The molecule has 9 heteroatoms. The third-order valence-electron chi connectivity index (χ3n) is 2.78. The second-order valence-electron chi connectivity index (χ2n) is 4.21. The van der Waals surface area contributed by atoms with E-state index in [0.29, 0.717) is 4.90 Å². The van der Waals surface area contributed by atoms with Crippen LogP contribution in [0.4, 0.5) is 13.2 Å². The van der Waals surface area contributed by atoms with E-state index in [0.717, 1.165) is 7.11 Å².